The van der Waals surface area contributed by atoms with Crippen molar-refractivity contribution in [1.29, 1.82) is 0 Å². The highest BCUT2D eigenvalue weighted by Gasteiger charge is 2.38. The molecule has 0 amide bonds. The second kappa shape index (κ2) is 10.9. The van der Waals surface area contributed by atoms with Crippen molar-refractivity contribution in [3.63, 3.8) is 0 Å². The molecule has 1 heterocycles. The summed E-state index contributed by atoms with van der Waals surface area (Å²) in [5, 5.41) is 10.4. The van der Waals surface area contributed by atoms with Crippen LogP contribution in [0.15, 0.2) is 0 Å². The lowest BCUT2D eigenvalue weighted by Crippen LogP contribution is -2.24. The topological polar surface area (TPSA) is 83.5 Å². The number of nitrogens with one attached hydrogen (secondary N) is 1. The van der Waals surface area contributed by atoms with E-state index in [1.165, 1.54) is 24.6 Å². The van der Waals surface area contributed by atoms with E-state index in [0.29, 0.717) is 0 Å². The Kier molecular flexibility index (Phi) is 12.1. The Balaban J connectivity index is 0. The van der Waals surface area contributed by atoms with Crippen molar-refractivity contribution in [1.82, 2.24) is 5.32 Å². The molecule has 0 radical (unpaired) electrons. The maximum absolute atomic E-state index is 10.6. The first-order chi connectivity index (χ1) is 7.36. The number of carbonyl (C=O) groups is 1. The van der Waals surface area contributed by atoms with Gasteiger partial charge in [-0.1, -0.05) is 0 Å². The zero-order valence-electron chi connectivity index (χ0n) is 7.95. The molecular weight excluding hydrogens is 271 g/mol. The van der Waals surface area contributed by atoms with Crippen LogP contribution >= 0.6 is 11.8 Å². The summed E-state index contributed by atoms with van der Waals surface area (Å²) >= 11 is 1.28. The summed E-state index contributed by atoms with van der Waals surface area (Å²) in [5.41, 5.74) is 0. The zero-order chi connectivity index (χ0) is 13.0. The number of alkyl halides is 3. The molecule has 1 rings (SSSR count). The van der Waals surface area contributed by atoms with Crippen molar-refractivity contribution in [3.05, 3.63) is 0 Å². The fourth-order valence-electron chi connectivity index (χ4n) is 0.516. The van der Waals surface area contributed by atoms with Gasteiger partial charge in [0.15, 0.2) is 0 Å². The van der Waals surface area contributed by atoms with Crippen LogP contribution in [0.25, 0.3) is 0 Å². The predicted molar refractivity (Wildman–Crippen MR) is 52.8 cm³/mol. The number of rotatable bonds is 0. The van der Waals surface area contributed by atoms with Gasteiger partial charge in [0, 0.05) is 24.6 Å². The molecule has 10 heteroatoms. The van der Waals surface area contributed by atoms with E-state index in [0.717, 1.165) is 0 Å². The third kappa shape index (κ3) is 15.8. The van der Waals surface area contributed by atoms with E-state index in [1.54, 1.807) is 0 Å². The van der Waals surface area contributed by atoms with Gasteiger partial charge in [-0.15, -0.1) is 0 Å². The highest BCUT2D eigenvalue weighted by atomic mass is 32.2. The first-order valence-corrected chi connectivity index (χ1v) is 5.68. The van der Waals surface area contributed by atoms with E-state index < -0.39 is 23.7 Å². The predicted octanol–water partition coefficient (Wildman–Crippen LogP) is 0.286. The van der Waals surface area contributed by atoms with E-state index >= 15 is 0 Å². The summed E-state index contributed by atoms with van der Waals surface area (Å²) < 4.78 is 48.3. The third-order valence-corrected chi connectivity index (χ3v) is 2.07. The minimum absolute atomic E-state index is 0.750. The van der Waals surface area contributed by atoms with E-state index in [1.807, 2.05) is 11.8 Å². The number of thioether (sulfide) groups is 1. The molecule has 1 aliphatic heterocycles. The molecule has 2 N–H and O–H groups in total. The maximum atomic E-state index is 10.6. The van der Waals surface area contributed by atoms with Gasteiger partial charge >= 0.3 is 23.7 Å². The van der Waals surface area contributed by atoms with Crippen LogP contribution in [0, 0.1) is 0 Å². The number of hydrogen-bond acceptors (Lipinski definition) is 5. The Morgan fingerprint density at radius 2 is 1.56 bits per heavy atom. The third-order valence-electron chi connectivity index (χ3n) is 1.09. The van der Waals surface area contributed by atoms with Gasteiger partial charge in [0.05, 0.1) is 0 Å². The first kappa shape index (κ1) is 17.8. The second-order valence-corrected chi connectivity index (χ2v) is 3.59. The summed E-state index contributed by atoms with van der Waals surface area (Å²) in [6, 6.07) is 0. The van der Waals surface area contributed by atoms with Gasteiger partial charge in [0.1, 0.15) is 0 Å². The average Bonchev–Trinajstić information content (AvgIpc) is 2.21. The number of carboxylic acids is 1. The lowest BCUT2D eigenvalue weighted by molar-refractivity contribution is -0.192. The summed E-state index contributed by atoms with van der Waals surface area (Å²) in [6.07, 6.45) is -5.08. The summed E-state index contributed by atoms with van der Waals surface area (Å²) in [6.45, 7) is 2.43. The highest BCUT2D eigenvalue weighted by molar-refractivity contribution is 7.99. The van der Waals surface area contributed by atoms with Crippen LogP contribution in [-0.4, -0.2) is 50.3 Å². The van der Waals surface area contributed by atoms with E-state index in [-0.39, 0.29) is 0 Å². The van der Waals surface area contributed by atoms with Crippen molar-refractivity contribution in [2.75, 3.05) is 24.6 Å². The maximum Gasteiger partial charge on any atom is 0.490 e. The van der Waals surface area contributed by atoms with Crippen LogP contribution in [0.3, 0.4) is 0 Å². The quantitative estimate of drug-likeness (QED) is 0.664. The Morgan fingerprint density at radius 1 is 1.25 bits per heavy atom. The minimum atomic E-state index is -5.08. The molecule has 0 atom stereocenters. The highest BCUT2D eigenvalue weighted by Crippen LogP contribution is 2.13. The molecule has 0 spiro atoms. The van der Waals surface area contributed by atoms with Gasteiger partial charge in [-0.3, -0.25) is 0 Å². The molecule has 0 unspecified atom stereocenters. The van der Waals surface area contributed by atoms with Gasteiger partial charge in [0.2, 0.25) is 0 Å². The molecule has 0 aromatic rings. The molecule has 0 aromatic carbocycles. The van der Waals surface area contributed by atoms with Gasteiger partial charge < -0.3 is 10.4 Å². The van der Waals surface area contributed by atoms with Crippen LogP contribution in [0.4, 0.5) is 13.2 Å². The van der Waals surface area contributed by atoms with Gasteiger partial charge in [0.25, 0.3) is 0 Å². The van der Waals surface area contributed by atoms with Crippen LogP contribution < -0.4 is 5.32 Å². The summed E-state index contributed by atoms with van der Waals surface area (Å²) in [4.78, 5) is 8.90. The number of aliphatic carboxylic acids is 1. The van der Waals surface area contributed by atoms with Crippen molar-refractivity contribution < 1.29 is 31.5 Å². The Bertz CT molecular complexity index is 215. The van der Waals surface area contributed by atoms with Gasteiger partial charge in [-0.2, -0.15) is 33.4 Å². The molecule has 5 nitrogen and oxygen atoms in total. The second-order valence-electron chi connectivity index (χ2n) is 2.23. The molecule has 0 bridgehead atoms. The van der Waals surface area contributed by atoms with Crippen molar-refractivity contribution in [2.24, 2.45) is 0 Å². The fraction of sp³-hybridized carbons (Fsp3) is 0.833. The lowest BCUT2D eigenvalue weighted by Gasteiger charge is -2.08. The summed E-state index contributed by atoms with van der Waals surface area (Å²) in [5.74, 6) is -0.146. The molecule has 0 saturated carbocycles. The summed E-state index contributed by atoms with van der Waals surface area (Å²) in [7, 11) is 0. The molecule has 96 valence electrons. The Hall–Kier alpha value is -0.610. The molecule has 1 aliphatic rings. The minimum Gasteiger partial charge on any atom is -0.475 e. The number of halogens is 3. The van der Waals surface area contributed by atoms with E-state index in [4.69, 9.17) is 18.3 Å². The fourth-order valence-corrected chi connectivity index (χ4v) is 1.30. The average molecular weight is 281 g/mol. The van der Waals surface area contributed by atoms with Crippen LogP contribution in [-0.2, 0) is 16.4 Å². The molecule has 1 fully saturated rings. The molecule has 0 aromatic heterocycles. The van der Waals surface area contributed by atoms with Gasteiger partial charge in [-0.25, -0.2) is 4.79 Å². The van der Waals surface area contributed by atoms with Gasteiger partial charge in [-0.05, 0) is 0 Å². The van der Waals surface area contributed by atoms with Crippen molar-refractivity contribution >= 4 is 29.3 Å². The largest absolute Gasteiger partial charge is 0.490 e. The van der Waals surface area contributed by atoms with Crippen molar-refractivity contribution in [3.8, 4) is 0 Å². The molecule has 16 heavy (non-hydrogen) atoms. The number of carboxylic acid groups (broad SMARTS) is 1. The smallest absolute Gasteiger partial charge is 0.475 e. The van der Waals surface area contributed by atoms with Crippen molar-refractivity contribution in [2.45, 2.75) is 6.18 Å². The van der Waals surface area contributed by atoms with Crippen LogP contribution in [0.5, 0.6) is 0 Å². The number of hydrogen-bond donors (Lipinski definition) is 2. The standard InChI is InChI=1S/C4H9NS.C2HF3O2.O2S/c1-3-6-4-2-5-1;3-2(4,5)1(6)7;1-3-2/h5H,1-4H2;(H,6,7);. The molecule has 1 saturated heterocycles. The molecule has 0 aliphatic carbocycles. The first-order valence-electron chi connectivity index (χ1n) is 3.86. The lowest BCUT2D eigenvalue weighted by atomic mass is 10.6. The molecular formula is C6H10F3NO4S2. The monoisotopic (exact) mass is 281 g/mol. The Morgan fingerprint density at radius 3 is 1.62 bits per heavy atom. The van der Waals surface area contributed by atoms with E-state index in [2.05, 4.69) is 5.32 Å². The zero-order valence-corrected chi connectivity index (χ0v) is 9.58. The Labute approximate surface area is 97.4 Å². The van der Waals surface area contributed by atoms with Crippen LogP contribution in [0.2, 0.25) is 0 Å². The van der Waals surface area contributed by atoms with Crippen LogP contribution in [0.1, 0.15) is 0 Å². The SMILES string of the molecule is C1CSCCN1.O=C(O)C(F)(F)F.O=S=O. The normalized spacial score (nSPS) is 14.7. The van der Waals surface area contributed by atoms with E-state index in [9.17, 15) is 13.2 Å².